The fourth-order valence-corrected chi connectivity index (χ4v) is 2.80. The minimum atomic E-state index is -0.763. The Balaban J connectivity index is 1.82. The molecule has 0 aliphatic heterocycles. The van der Waals surface area contributed by atoms with Crippen molar-refractivity contribution < 1.29 is 29.3 Å². The molecule has 9 nitrogen and oxygen atoms in total. The van der Waals surface area contributed by atoms with E-state index in [4.69, 9.17) is 9.47 Å². The number of aromatic hydroxyl groups is 2. The van der Waals surface area contributed by atoms with Crippen LogP contribution in [0, 0.1) is 0 Å². The summed E-state index contributed by atoms with van der Waals surface area (Å²) in [5.41, 5.74) is 0.294. The van der Waals surface area contributed by atoms with Crippen LogP contribution in [0.5, 0.6) is 23.3 Å². The third kappa shape index (κ3) is 3.75. The smallest absolute Gasteiger partial charge is 0.295 e. The Kier molecular flexibility index (Phi) is 5.49. The van der Waals surface area contributed by atoms with Crippen LogP contribution < -0.4 is 9.47 Å². The van der Waals surface area contributed by atoms with Crippen LogP contribution in [0.2, 0.25) is 0 Å². The second-order valence-electron chi connectivity index (χ2n) is 6.08. The zero-order chi connectivity index (χ0) is 21.1. The fraction of sp³-hybridized carbons (Fsp3) is 0.200. The Morgan fingerprint density at radius 1 is 0.931 bits per heavy atom. The lowest BCUT2D eigenvalue weighted by atomic mass is 10.1. The van der Waals surface area contributed by atoms with Gasteiger partial charge >= 0.3 is 0 Å². The number of hydrogen-bond donors (Lipinski definition) is 2. The molecule has 1 aromatic heterocycles. The minimum Gasteiger partial charge on any atom is -0.494 e. The Morgan fingerprint density at radius 2 is 1.52 bits per heavy atom. The molecule has 0 aliphatic rings. The van der Waals surface area contributed by atoms with Gasteiger partial charge in [-0.2, -0.15) is 0 Å². The van der Waals surface area contributed by atoms with Crippen LogP contribution >= 0.6 is 0 Å². The molecular formula is C20H19N3O6. The summed E-state index contributed by atoms with van der Waals surface area (Å²) in [6.07, 6.45) is 0. The molecule has 0 spiro atoms. The molecule has 0 saturated carbocycles. The van der Waals surface area contributed by atoms with Crippen molar-refractivity contribution in [2.45, 2.75) is 6.92 Å². The van der Waals surface area contributed by atoms with Gasteiger partial charge in [0.15, 0.2) is 11.5 Å². The summed E-state index contributed by atoms with van der Waals surface area (Å²) in [6.45, 7) is 2.27. The largest absolute Gasteiger partial charge is 0.494 e. The van der Waals surface area contributed by atoms with E-state index in [0.717, 1.165) is 0 Å². The number of methoxy groups -OCH3 is 1. The second-order valence-corrected chi connectivity index (χ2v) is 6.08. The lowest BCUT2D eigenvalue weighted by Gasteiger charge is -2.09. The topological polar surface area (TPSA) is 123 Å². The molecule has 3 rings (SSSR count). The second kappa shape index (κ2) is 8.01. The summed E-state index contributed by atoms with van der Waals surface area (Å²) in [7, 11) is 2.93. The number of benzene rings is 2. The van der Waals surface area contributed by atoms with E-state index in [1.54, 1.807) is 6.07 Å². The van der Waals surface area contributed by atoms with E-state index in [0.29, 0.717) is 23.5 Å². The van der Waals surface area contributed by atoms with Crippen LogP contribution in [-0.2, 0) is 7.05 Å². The zero-order valence-electron chi connectivity index (χ0n) is 16.0. The van der Waals surface area contributed by atoms with Crippen molar-refractivity contribution in [2.24, 2.45) is 17.3 Å². The number of azo groups is 1. The van der Waals surface area contributed by atoms with E-state index < -0.39 is 11.8 Å². The monoisotopic (exact) mass is 397 g/mol. The summed E-state index contributed by atoms with van der Waals surface area (Å²) in [5, 5.41) is 27.5. The van der Waals surface area contributed by atoms with Gasteiger partial charge in [-0.3, -0.25) is 14.2 Å². The van der Waals surface area contributed by atoms with Gasteiger partial charge in [0.25, 0.3) is 11.8 Å². The maximum Gasteiger partial charge on any atom is 0.295 e. The molecule has 0 fully saturated rings. The van der Waals surface area contributed by atoms with Crippen molar-refractivity contribution in [1.82, 2.24) is 4.57 Å². The first-order valence-electron chi connectivity index (χ1n) is 8.69. The highest BCUT2D eigenvalue weighted by molar-refractivity contribution is 6.03. The lowest BCUT2D eigenvalue weighted by Crippen LogP contribution is -2.00. The number of nitrogens with zero attached hydrogens (tertiary/aromatic N) is 3. The molecule has 9 heteroatoms. The van der Waals surface area contributed by atoms with Crippen LogP contribution in [0.3, 0.4) is 0 Å². The van der Waals surface area contributed by atoms with E-state index in [1.165, 1.54) is 49.1 Å². The number of fused-ring (bicyclic) bond motifs is 1. The van der Waals surface area contributed by atoms with Crippen molar-refractivity contribution in [3.8, 4) is 23.3 Å². The summed E-state index contributed by atoms with van der Waals surface area (Å²) in [5.74, 6) is -0.955. The first-order chi connectivity index (χ1) is 13.9. The van der Waals surface area contributed by atoms with Gasteiger partial charge in [-0.15, -0.1) is 10.2 Å². The van der Waals surface area contributed by atoms with Gasteiger partial charge in [0.2, 0.25) is 11.8 Å². The molecule has 29 heavy (non-hydrogen) atoms. The average Bonchev–Trinajstić information content (AvgIpc) is 2.95. The van der Waals surface area contributed by atoms with E-state index in [-0.39, 0.29) is 28.3 Å². The number of carbonyl (C=O) groups is 2. The average molecular weight is 397 g/mol. The summed E-state index contributed by atoms with van der Waals surface area (Å²) in [4.78, 5) is 24.5. The maximum atomic E-state index is 12.3. The first kappa shape index (κ1) is 19.9. The van der Waals surface area contributed by atoms with Crippen molar-refractivity contribution in [3.63, 3.8) is 0 Å². The predicted molar refractivity (Wildman–Crippen MR) is 104 cm³/mol. The highest BCUT2D eigenvalue weighted by Gasteiger charge is 2.16. The molecular weight excluding hydrogens is 378 g/mol. The van der Waals surface area contributed by atoms with Gasteiger partial charge in [-0.1, -0.05) is 0 Å². The van der Waals surface area contributed by atoms with Crippen LogP contribution in [0.15, 0.2) is 46.6 Å². The molecule has 0 bridgehead atoms. The van der Waals surface area contributed by atoms with Crippen LogP contribution in [-0.4, -0.2) is 40.3 Å². The first-order valence-corrected chi connectivity index (χ1v) is 8.69. The van der Waals surface area contributed by atoms with Crippen LogP contribution in [0.25, 0.3) is 10.8 Å². The molecule has 2 aromatic carbocycles. The van der Waals surface area contributed by atoms with Gasteiger partial charge in [0.1, 0.15) is 0 Å². The third-order valence-electron chi connectivity index (χ3n) is 4.33. The van der Waals surface area contributed by atoms with Crippen molar-refractivity contribution >= 4 is 22.6 Å². The highest BCUT2D eigenvalue weighted by atomic mass is 16.5. The molecule has 0 aliphatic carbocycles. The van der Waals surface area contributed by atoms with Crippen LogP contribution in [0.4, 0.5) is 0 Å². The molecule has 0 atom stereocenters. The molecule has 0 unspecified atom stereocenters. The number of hydrogen-bond acceptors (Lipinski definition) is 6. The lowest BCUT2D eigenvalue weighted by molar-refractivity contribution is 0.0946. The predicted octanol–water partition coefficient (Wildman–Crippen LogP) is 3.43. The number of carbonyl (C=O) groups excluding carboxylic acids is 2. The summed E-state index contributed by atoms with van der Waals surface area (Å²) in [6, 6.07) is 8.80. The molecule has 2 N–H and O–H groups in total. The van der Waals surface area contributed by atoms with Crippen molar-refractivity contribution in [2.75, 3.05) is 13.7 Å². The number of ether oxygens (including phenoxy) is 2. The molecule has 2 amide bonds. The Bertz CT molecular complexity index is 1130. The van der Waals surface area contributed by atoms with E-state index in [2.05, 4.69) is 10.2 Å². The maximum absolute atomic E-state index is 12.3. The fourth-order valence-electron chi connectivity index (χ4n) is 2.80. The molecule has 1 heterocycles. The van der Waals surface area contributed by atoms with E-state index >= 15 is 0 Å². The van der Waals surface area contributed by atoms with Gasteiger partial charge in [-0.25, -0.2) is 0 Å². The SMILES string of the molecule is CCOc1ccc(C(=O)N=NC(=O)c2ccc3c(O)n(C)c(O)c3c2)cc1OC. The number of rotatable bonds is 5. The quantitative estimate of drug-likeness (QED) is 0.636. The molecule has 150 valence electrons. The Morgan fingerprint density at radius 3 is 2.14 bits per heavy atom. The molecule has 3 aromatic rings. The normalized spacial score (nSPS) is 11.1. The number of aromatic nitrogens is 1. The van der Waals surface area contributed by atoms with Crippen molar-refractivity contribution in [1.29, 1.82) is 0 Å². The van der Waals surface area contributed by atoms with Gasteiger partial charge in [0.05, 0.1) is 13.7 Å². The molecule has 0 radical (unpaired) electrons. The van der Waals surface area contributed by atoms with Gasteiger partial charge < -0.3 is 19.7 Å². The standard InChI is InChI=1S/C20H19N3O6/c1-4-29-15-8-6-12(10-16(15)28-3)18(25)22-21-17(24)11-5-7-13-14(9-11)20(27)23(2)19(13)26/h5-10,26-27H,4H2,1-3H3. The Hall–Kier alpha value is -3.88. The number of amides is 2. The van der Waals surface area contributed by atoms with Crippen molar-refractivity contribution in [3.05, 3.63) is 47.5 Å². The third-order valence-corrected chi connectivity index (χ3v) is 4.33. The van der Waals surface area contributed by atoms with Gasteiger partial charge in [0, 0.05) is 28.9 Å². The highest BCUT2D eigenvalue weighted by Crippen LogP contribution is 2.35. The summed E-state index contributed by atoms with van der Waals surface area (Å²) < 4.78 is 11.8. The van der Waals surface area contributed by atoms with E-state index in [9.17, 15) is 19.8 Å². The van der Waals surface area contributed by atoms with Crippen LogP contribution in [0.1, 0.15) is 27.6 Å². The Labute approximate surface area is 165 Å². The van der Waals surface area contributed by atoms with Gasteiger partial charge in [-0.05, 0) is 43.3 Å². The zero-order valence-corrected chi connectivity index (χ0v) is 16.0. The summed E-state index contributed by atoms with van der Waals surface area (Å²) >= 11 is 0. The molecule has 0 saturated heterocycles. The minimum absolute atomic E-state index is 0.110. The van der Waals surface area contributed by atoms with E-state index in [1.807, 2.05) is 6.92 Å².